The van der Waals surface area contributed by atoms with E-state index in [1.165, 1.54) is 31.2 Å². The summed E-state index contributed by atoms with van der Waals surface area (Å²) in [6.07, 6.45) is 7.88. The molecule has 2 N–H and O–H groups in total. The van der Waals surface area contributed by atoms with Gasteiger partial charge in [-0.1, -0.05) is 159 Å². The van der Waals surface area contributed by atoms with Crippen LogP contribution in [0.5, 0.6) is 11.5 Å². The number of ketones is 2. The third-order valence-corrected chi connectivity index (χ3v) is 10.9. The maximum atomic E-state index is 14.9. The number of hydrogen-bond acceptors (Lipinski definition) is 6. The Hall–Kier alpha value is -5.75. The number of fused-ring (bicyclic) bond motifs is 2. The third kappa shape index (κ3) is 8.66. The first-order chi connectivity index (χ1) is 27.4. The van der Waals surface area contributed by atoms with E-state index in [9.17, 15) is 9.59 Å². The van der Waals surface area contributed by atoms with E-state index in [2.05, 4.69) is 64.3 Å². The fourth-order valence-corrected chi connectivity index (χ4v) is 8.53. The Balaban J connectivity index is 1.44. The Morgan fingerprint density at radius 1 is 0.719 bits per heavy atom. The first-order valence-electron chi connectivity index (χ1n) is 20.6. The first-order valence-corrected chi connectivity index (χ1v) is 20.6. The van der Waals surface area contributed by atoms with Crippen molar-refractivity contribution in [1.29, 1.82) is 0 Å². The minimum absolute atomic E-state index is 0.0304. The number of anilines is 3. The van der Waals surface area contributed by atoms with E-state index in [0.717, 1.165) is 24.9 Å². The number of rotatable bonds is 16. The molecule has 0 radical (unpaired) electrons. The zero-order valence-electron chi connectivity index (χ0n) is 34.3. The van der Waals surface area contributed by atoms with Gasteiger partial charge in [0.1, 0.15) is 17.1 Å². The second kappa shape index (κ2) is 16.8. The van der Waals surface area contributed by atoms with Crippen molar-refractivity contribution in [1.82, 2.24) is 4.98 Å². The number of nitrogens with zero attached hydrogens (tertiary/aromatic N) is 1. The zero-order chi connectivity index (χ0) is 40.2. The summed E-state index contributed by atoms with van der Waals surface area (Å²) < 4.78 is 6.83. The van der Waals surface area contributed by atoms with E-state index < -0.39 is 0 Å². The van der Waals surface area contributed by atoms with Crippen LogP contribution in [0.4, 0.5) is 17.2 Å². The number of ether oxygens (including phenoxy) is 1. The van der Waals surface area contributed by atoms with Crippen molar-refractivity contribution in [3.8, 4) is 22.6 Å². The summed E-state index contributed by atoms with van der Waals surface area (Å²) in [6.45, 7) is 14.3. The van der Waals surface area contributed by atoms with Crippen LogP contribution in [0, 0.1) is 5.41 Å². The van der Waals surface area contributed by atoms with Gasteiger partial charge in [0.25, 0.3) is 0 Å². The number of aromatic nitrogens is 1. The third-order valence-electron chi connectivity index (χ3n) is 10.9. The number of benzene rings is 5. The molecule has 1 aromatic heterocycles. The molecule has 1 aliphatic rings. The number of carbonyl (C=O) groups excluding carboxylic acids is 2. The average molecular weight is 758 g/mol. The fraction of sp³-hybridized carbons (Fsp3) is 0.314. The van der Waals surface area contributed by atoms with Crippen LogP contribution in [0.3, 0.4) is 0 Å². The summed E-state index contributed by atoms with van der Waals surface area (Å²) in [7, 11) is 0. The Kier molecular flexibility index (Phi) is 11.6. The molecular weight excluding hydrogens is 703 g/mol. The highest BCUT2D eigenvalue weighted by Gasteiger charge is 2.35. The summed E-state index contributed by atoms with van der Waals surface area (Å²) in [5, 5.41) is 7.75. The van der Waals surface area contributed by atoms with E-state index in [4.69, 9.17) is 9.72 Å². The van der Waals surface area contributed by atoms with Gasteiger partial charge in [-0.25, -0.2) is 4.98 Å². The summed E-state index contributed by atoms with van der Waals surface area (Å²) in [5.41, 5.74) is 6.71. The van der Waals surface area contributed by atoms with Gasteiger partial charge in [-0.2, -0.15) is 0 Å². The second-order valence-electron chi connectivity index (χ2n) is 17.2. The highest BCUT2D eigenvalue weighted by Crippen LogP contribution is 2.50. The molecule has 0 aliphatic heterocycles. The Morgan fingerprint density at radius 3 is 2.04 bits per heavy atom. The largest absolute Gasteiger partial charge is 0.455 e. The lowest BCUT2D eigenvalue weighted by molar-refractivity contribution is 0.102. The summed E-state index contributed by atoms with van der Waals surface area (Å²) in [5.74, 6) is 1.35. The van der Waals surface area contributed by atoms with Crippen molar-refractivity contribution in [2.24, 2.45) is 5.41 Å². The number of para-hydroxylation sites is 1. The fourth-order valence-electron chi connectivity index (χ4n) is 8.53. The summed E-state index contributed by atoms with van der Waals surface area (Å²) in [4.78, 5) is 34.9. The SMILES string of the molecule is CCCCCCCCNc1nc2c(Oc3ccc(C(C)(C)CC(C)(C)C)cc3)cc(Nc3ccccc3)c3c2c(c1C(=O)c1ccccc1)-c1ccccc1C3=O. The number of pyridine rings is 1. The van der Waals surface area contributed by atoms with Gasteiger partial charge in [-0.3, -0.25) is 9.59 Å². The maximum Gasteiger partial charge on any atom is 0.197 e. The van der Waals surface area contributed by atoms with Crippen LogP contribution in [0.25, 0.3) is 22.0 Å². The molecule has 57 heavy (non-hydrogen) atoms. The molecule has 1 heterocycles. The number of carbonyl (C=O) groups is 2. The molecule has 1 aliphatic carbocycles. The van der Waals surface area contributed by atoms with Gasteiger partial charge in [-0.15, -0.1) is 0 Å². The molecule has 6 nitrogen and oxygen atoms in total. The predicted octanol–water partition coefficient (Wildman–Crippen LogP) is 13.7. The van der Waals surface area contributed by atoms with Crippen LogP contribution in [0.2, 0.25) is 0 Å². The zero-order valence-corrected chi connectivity index (χ0v) is 34.3. The van der Waals surface area contributed by atoms with E-state index in [1.807, 2.05) is 103 Å². The van der Waals surface area contributed by atoms with Crippen LogP contribution in [0.15, 0.2) is 115 Å². The minimum Gasteiger partial charge on any atom is -0.455 e. The van der Waals surface area contributed by atoms with Crippen molar-refractivity contribution in [3.05, 3.63) is 143 Å². The number of unbranched alkanes of at least 4 members (excludes halogenated alkanes) is 5. The van der Waals surface area contributed by atoms with Gasteiger partial charge < -0.3 is 15.4 Å². The molecule has 0 saturated heterocycles. The standard InChI is InChI=1S/C51H55N3O3/c1-7-8-9-10-11-20-31-52-49-45(47(55)34-21-14-12-15-22-34)42-38-25-18-19-26-39(38)48(56)43-40(53-36-23-16-13-17-24-36)32-41(46(54-49)44(42)43)57-37-29-27-35(28-30-37)51(5,6)33-50(2,3)4/h12-19,21-30,32,53H,7-11,20,31,33H2,1-6H3,(H,52,54). The highest BCUT2D eigenvalue weighted by atomic mass is 16.5. The quantitative estimate of drug-likeness (QED) is 0.0755. The molecule has 6 aromatic rings. The van der Waals surface area contributed by atoms with Crippen LogP contribution >= 0.6 is 0 Å². The molecule has 0 bridgehead atoms. The minimum atomic E-state index is -0.155. The Labute approximate surface area is 338 Å². The second-order valence-corrected chi connectivity index (χ2v) is 17.2. The van der Waals surface area contributed by atoms with Gasteiger partial charge in [-0.05, 0) is 59.1 Å². The molecule has 0 amide bonds. The molecule has 292 valence electrons. The lowest BCUT2D eigenvalue weighted by Gasteiger charge is -2.33. The molecule has 0 unspecified atom stereocenters. The lowest BCUT2D eigenvalue weighted by Crippen LogP contribution is -2.24. The van der Waals surface area contributed by atoms with E-state index in [0.29, 0.717) is 73.8 Å². The molecule has 0 atom stereocenters. The van der Waals surface area contributed by atoms with Gasteiger partial charge in [0.2, 0.25) is 0 Å². The Morgan fingerprint density at radius 2 is 1.35 bits per heavy atom. The average Bonchev–Trinajstić information content (AvgIpc) is 3.19. The smallest absolute Gasteiger partial charge is 0.197 e. The molecule has 5 aromatic carbocycles. The van der Waals surface area contributed by atoms with Crippen molar-refractivity contribution in [2.75, 3.05) is 17.2 Å². The van der Waals surface area contributed by atoms with E-state index in [1.54, 1.807) is 0 Å². The number of nitrogens with one attached hydrogen (secondary N) is 2. The van der Waals surface area contributed by atoms with Crippen molar-refractivity contribution in [2.45, 2.75) is 91.9 Å². The van der Waals surface area contributed by atoms with Crippen LogP contribution in [0.1, 0.15) is 124 Å². The molecule has 0 saturated carbocycles. The van der Waals surface area contributed by atoms with E-state index >= 15 is 0 Å². The first kappa shape index (κ1) is 39.5. The van der Waals surface area contributed by atoms with Crippen LogP contribution in [-0.2, 0) is 5.41 Å². The molecule has 0 spiro atoms. The van der Waals surface area contributed by atoms with Gasteiger partial charge in [0.05, 0.1) is 16.8 Å². The van der Waals surface area contributed by atoms with Crippen molar-refractivity contribution in [3.63, 3.8) is 0 Å². The van der Waals surface area contributed by atoms with E-state index in [-0.39, 0.29) is 22.4 Å². The van der Waals surface area contributed by atoms with Crippen LogP contribution < -0.4 is 15.4 Å². The summed E-state index contributed by atoms with van der Waals surface area (Å²) in [6, 6.07) is 37.0. The molecular formula is C51H55N3O3. The Bertz CT molecular complexity index is 2380. The van der Waals surface area contributed by atoms with Crippen LogP contribution in [-0.4, -0.2) is 23.1 Å². The number of hydrogen-bond donors (Lipinski definition) is 2. The summed E-state index contributed by atoms with van der Waals surface area (Å²) >= 11 is 0. The molecule has 7 rings (SSSR count). The van der Waals surface area contributed by atoms with Gasteiger partial charge in [0.15, 0.2) is 17.3 Å². The van der Waals surface area contributed by atoms with Gasteiger partial charge >= 0.3 is 0 Å². The molecule has 6 heteroatoms. The normalized spacial score (nSPS) is 12.4. The lowest BCUT2D eigenvalue weighted by atomic mass is 9.72. The topological polar surface area (TPSA) is 80.3 Å². The van der Waals surface area contributed by atoms with Crippen molar-refractivity contribution >= 4 is 39.7 Å². The maximum absolute atomic E-state index is 14.9. The monoisotopic (exact) mass is 757 g/mol. The van der Waals surface area contributed by atoms with Crippen molar-refractivity contribution < 1.29 is 14.3 Å². The highest BCUT2D eigenvalue weighted by molar-refractivity contribution is 6.32. The predicted molar refractivity (Wildman–Crippen MR) is 236 cm³/mol. The molecule has 0 fully saturated rings. The van der Waals surface area contributed by atoms with Gasteiger partial charge in [0, 0.05) is 40.4 Å².